The van der Waals surface area contributed by atoms with Crippen LogP contribution in [0.3, 0.4) is 0 Å². The van der Waals surface area contributed by atoms with Gasteiger partial charge < -0.3 is 10.1 Å². The van der Waals surface area contributed by atoms with Crippen LogP contribution in [0.5, 0.6) is 0 Å². The second kappa shape index (κ2) is 5.19. The highest BCUT2D eigenvalue weighted by molar-refractivity contribution is 5.32. The highest BCUT2D eigenvalue weighted by Crippen LogP contribution is 2.28. The van der Waals surface area contributed by atoms with Crippen LogP contribution in [0.25, 0.3) is 0 Å². The predicted octanol–water partition coefficient (Wildman–Crippen LogP) is 2.49. The van der Waals surface area contributed by atoms with Gasteiger partial charge in [0.2, 0.25) is 0 Å². The smallest absolute Gasteiger partial charge is 0.0557 e. The first-order valence-electron chi connectivity index (χ1n) is 6.82. The molecule has 2 nitrogen and oxygen atoms in total. The van der Waals surface area contributed by atoms with Gasteiger partial charge >= 0.3 is 0 Å². The molecule has 17 heavy (non-hydrogen) atoms. The van der Waals surface area contributed by atoms with Crippen LogP contribution < -0.4 is 5.32 Å². The Balaban J connectivity index is 1.72. The molecule has 3 rings (SSSR count). The standard InChI is InChI=1S/C15H21NO/c1-2-7-15(13-10-17-11-13)12(5-1)9-14-6-3-4-8-16-14/h1-2,5,7,13-14,16H,3-4,6,8-11H2. The molecule has 1 N–H and O–H groups in total. The van der Waals surface area contributed by atoms with Gasteiger partial charge in [-0.15, -0.1) is 0 Å². The third kappa shape index (κ3) is 2.53. The van der Waals surface area contributed by atoms with Gasteiger partial charge in [-0.2, -0.15) is 0 Å². The van der Waals surface area contributed by atoms with E-state index in [2.05, 4.69) is 29.6 Å². The molecule has 1 aromatic carbocycles. The van der Waals surface area contributed by atoms with E-state index in [1.54, 1.807) is 0 Å². The Morgan fingerprint density at radius 1 is 1.18 bits per heavy atom. The van der Waals surface area contributed by atoms with E-state index in [0.717, 1.165) is 13.2 Å². The fourth-order valence-corrected chi connectivity index (χ4v) is 2.90. The molecule has 2 heteroatoms. The third-order valence-electron chi connectivity index (χ3n) is 4.01. The lowest BCUT2D eigenvalue weighted by Crippen LogP contribution is -2.36. The highest BCUT2D eigenvalue weighted by atomic mass is 16.5. The van der Waals surface area contributed by atoms with Gasteiger partial charge in [0.1, 0.15) is 0 Å². The summed E-state index contributed by atoms with van der Waals surface area (Å²) in [6.07, 6.45) is 5.24. The third-order valence-corrected chi connectivity index (χ3v) is 4.01. The topological polar surface area (TPSA) is 21.3 Å². The average Bonchev–Trinajstić information content (AvgIpc) is 2.31. The second-order valence-electron chi connectivity index (χ2n) is 5.28. The maximum atomic E-state index is 5.32. The van der Waals surface area contributed by atoms with Gasteiger partial charge in [0, 0.05) is 12.0 Å². The summed E-state index contributed by atoms with van der Waals surface area (Å²) < 4.78 is 5.32. The largest absolute Gasteiger partial charge is 0.380 e. The zero-order valence-corrected chi connectivity index (χ0v) is 10.3. The summed E-state index contributed by atoms with van der Waals surface area (Å²) in [7, 11) is 0. The first kappa shape index (κ1) is 11.2. The molecule has 0 spiro atoms. The van der Waals surface area contributed by atoms with Crippen LogP contribution >= 0.6 is 0 Å². The van der Waals surface area contributed by atoms with E-state index in [9.17, 15) is 0 Å². The lowest BCUT2D eigenvalue weighted by molar-refractivity contribution is 0.00802. The highest BCUT2D eigenvalue weighted by Gasteiger charge is 2.24. The van der Waals surface area contributed by atoms with Crippen molar-refractivity contribution in [3.05, 3.63) is 35.4 Å². The molecule has 0 bridgehead atoms. The quantitative estimate of drug-likeness (QED) is 0.863. The Morgan fingerprint density at radius 2 is 2.06 bits per heavy atom. The lowest BCUT2D eigenvalue weighted by atomic mass is 9.88. The molecule has 2 saturated heterocycles. The lowest BCUT2D eigenvalue weighted by Gasteiger charge is -2.30. The van der Waals surface area contributed by atoms with Crippen molar-refractivity contribution in [2.75, 3.05) is 19.8 Å². The second-order valence-corrected chi connectivity index (χ2v) is 5.28. The zero-order valence-electron chi connectivity index (χ0n) is 10.3. The summed E-state index contributed by atoms with van der Waals surface area (Å²) in [6, 6.07) is 9.59. The Morgan fingerprint density at radius 3 is 2.76 bits per heavy atom. The number of ether oxygens (including phenoxy) is 1. The van der Waals surface area contributed by atoms with Gasteiger partial charge in [-0.25, -0.2) is 0 Å². The van der Waals surface area contributed by atoms with E-state index in [-0.39, 0.29) is 0 Å². The van der Waals surface area contributed by atoms with Gasteiger partial charge in [-0.1, -0.05) is 30.7 Å². The first-order chi connectivity index (χ1) is 8.43. The zero-order chi connectivity index (χ0) is 11.5. The molecular weight excluding hydrogens is 210 g/mol. The molecule has 0 aromatic heterocycles. The van der Waals surface area contributed by atoms with Crippen molar-refractivity contribution in [1.82, 2.24) is 5.32 Å². The Hall–Kier alpha value is -0.860. The van der Waals surface area contributed by atoms with Gasteiger partial charge in [-0.05, 0) is 36.9 Å². The minimum Gasteiger partial charge on any atom is -0.380 e. The van der Waals surface area contributed by atoms with Crippen LogP contribution in [0.1, 0.15) is 36.3 Å². The molecule has 0 aliphatic carbocycles. The summed E-state index contributed by atoms with van der Waals surface area (Å²) >= 11 is 0. The Kier molecular flexibility index (Phi) is 3.44. The molecule has 2 fully saturated rings. The summed E-state index contributed by atoms with van der Waals surface area (Å²) in [5, 5.41) is 3.64. The number of rotatable bonds is 3. The minimum atomic E-state index is 0.648. The van der Waals surface area contributed by atoms with Crippen molar-refractivity contribution in [2.45, 2.75) is 37.6 Å². The van der Waals surface area contributed by atoms with Crippen molar-refractivity contribution in [3.63, 3.8) is 0 Å². The predicted molar refractivity (Wildman–Crippen MR) is 69.3 cm³/mol. The molecule has 2 aliphatic heterocycles. The molecule has 2 heterocycles. The number of nitrogens with one attached hydrogen (secondary N) is 1. The van der Waals surface area contributed by atoms with Crippen LogP contribution in [-0.2, 0) is 11.2 Å². The van der Waals surface area contributed by atoms with Gasteiger partial charge in [0.15, 0.2) is 0 Å². The molecule has 92 valence electrons. The summed E-state index contributed by atoms with van der Waals surface area (Å²) in [5.74, 6) is 0.648. The maximum absolute atomic E-state index is 5.32. The van der Waals surface area contributed by atoms with E-state index in [4.69, 9.17) is 4.74 Å². The van der Waals surface area contributed by atoms with Crippen molar-refractivity contribution in [1.29, 1.82) is 0 Å². The van der Waals surface area contributed by atoms with E-state index in [1.165, 1.54) is 43.4 Å². The molecule has 1 atom stereocenters. The fraction of sp³-hybridized carbons (Fsp3) is 0.600. The van der Waals surface area contributed by atoms with Crippen molar-refractivity contribution in [3.8, 4) is 0 Å². The monoisotopic (exact) mass is 231 g/mol. The normalized spacial score (nSPS) is 25.5. The van der Waals surface area contributed by atoms with Crippen LogP contribution in [0.15, 0.2) is 24.3 Å². The van der Waals surface area contributed by atoms with E-state index >= 15 is 0 Å². The number of hydrogen-bond donors (Lipinski definition) is 1. The number of hydrogen-bond acceptors (Lipinski definition) is 2. The molecule has 0 radical (unpaired) electrons. The van der Waals surface area contributed by atoms with E-state index in [1.807, 2.05) is 0 Å². The van der Waals surface area contributed by atoms with Crippen LogP contribution in [0, 0.1) is 0 Å². The average molecular weight is 231 g/mol. The van der Waals surface area contributed by atoms with Gasteiger partial charge in [-0.3, -0.25) is 0 Å². The van der Waals surface area contributed by atoms with Crippen LogP contribution in [-0.4, -0.2) is 25.8 Å². The van der Waals surface area contributed by atoms with Crippen molar-refractivity contribution >= 4 is 0 Å². The molecule has 0 saturated carbocycles. The Labute approximate surface area is 103 Å². The summed E-state index contributed by atoms with van der Waals surface area (Å²) in [6.45, 7) is 3.02. The fourth-order valence-electron chi connectivity index (χ4n) is 2.90. The molecule has 1 aromatic rings. The van der Waals surface area contributed by atoms with Gasteiger partial charge in [0.25, 0.3) is 0 Å². The molecular formula is C15H21NO. The maximum Gasteiger partial charge on any atom is 0.0557 e. The van der Waals surface area contributed by atoms with Crippen molar-refractivity contribution < 1.29 is 4.74 Å². The van der Waals surface area contributed by atoms with Crippen LogP contribution in [0.2, 0.25) is 0 Å². The summed E-state index contributed by atoms with van der Waals surface area (Å²) in [5.41, 5.74) is 3.05. The number of piperidine rings is 1. The van der Waals surface area contributed by atoms with Gasteiger partial charge in [0.05, 0.1) is 13.2 Å². The van der Waals surface area contributed by atoms with Crippen LogP contribution in [0.4, 0.5) is 0 Å². The van der Waals surface area contributed by atoms with E-state index in [0.29, 0.717) is 12.0 Å². The van der Waals surface area contributed by atoms with E-state index < -0.39 is 0 Å². The van der Waals surface area contributed by atoms with Crippen molar-refractivity contribution in [2.24, 2.45) is 0 Å². The molecule has 0 amide bonds. The Bertz CT molecular complexity index is 367. The first-order valence-corrected chi connectivity index (χ1v) is 6.82. The summed E-state index contributed by atoms with van der Waals surface area (Å²) in [4.78, 5) is 0. The SMILES string of the molecule is c1ccc(C2COC2)c(CC2CCCCN2)c1. The number of benzene rings is 1. The minimum absolute atomic E-state index is 0.648. The molecule has 2 aliphatic rings. The molecule has 1 unspecified atom stereocenters.